The molecule has 0 saturated carbocycles. The van der Waals surface area contributed by atoms with Crippen molar-refractivity contribution in [2.75, 3.05) is 6.54 Å². The summed E-state index contributed by atoms with van der Waals surface area (Å²) in [5, 5.41) is 5.71. The summed E-state index contributed by atoms with van der Waals surface area (Å²) in [6.07, 6.45) is 2.09. The van der Waals surface area contributed by atoms with Crippen molar-refractivity contribution in [3.05, 3.63) is 16.1 Å². The summed E-state index contributed by atoms with van der Waals surface area (Å²) < 4.78 is 5.42. The Kier molecular flexibility index (Phi) is 5.62. The van der Waals surface area contributed by atoms with Crippen molar-refractivity contribution < 1.29 is 14.3 Å². The van der Waals surface area contributed by atoms with Crippen molar-refractivity contribution in [3.63, 3.8) is 0 Å². The number of nitrogens with one attached hydrogen (secondary N) is 1. The molecule has 6 nitrogen and oxygen atoms in total. The zero-order valence-electron chi connectivity index (χ0n) is 14.2. The molecule has 23 heavy (non-hydrogen) atoms. The summed E-state index contributed by atoms with van der Waals surface area (Å²) in [5.41, 5.74) is 0.390. The van der Waals surface area contributed by atoms with Gasteiger partial charge in [-0.15, -0.1) is 11.3 Å². The Morgan fingerprint density at radius 1 is 1.43 bits per heavy atom. The van der Waals surface area contributed by atoms with Crippen LogP contribution in [0.2, 0.25) is 0 Å². The number of piperidine rings is 1. The predicted molar refractivity (Wildman–Crippen MR) is 89.3 cm³/mol. The van der Waals surface area contributed by atoms with Crippen molar-refractivity contribution in [3.8, 4) is 0 Å². The molecular formula is C16H25N3O3S. The summed E-state index contributed by atoms with van der Waals surface area (Å²) in [5.74, 6) is -0.136. The van der Waals surface area contributed by atoms with E-state index in [2.05, 4.69) is 10.3 Å². The normalized spacial score (nSPS) is 18.6. The van der Waals surface area contributed by atoms with E-state index in [1.807, 2.05) is 33.1 Å². The summed E-state index contributed by atoms with van der Waals surface area (Å²) >= 11 is 1.52. The molecule has 1 saturated heterocycles. The third-order valence-electron chi connectivity index (χ3n) is 3.51. The van der Waals surface area contributed by atoms with Gasteiger partial charge in [0.1, 0.15) is 16.7 Å². The van der Waals surface area contributed by atoms with E-state index in [-0.39, 0.29) is 5.91 Å². The first-order valence-electron chi connectivity index (χ1n) is 7.94. The number of hydrogen-bond acceptors (Lipinski definition) is 5. The lowest BCUT2D eigenvalue weighted by Gasteiger charge is -2.35. The van der Waals surface area contributed by atoms with Gasteiger partial charge in [0.2, 0.25) is 5.91 Å². The molecule has 1 aromatic heterocycles. The third-order valence-corrected chi connectivity index (χ3v) is 4.48. The lowest BCUT2D eigenvalue weighted by molar-refractivity contribution is -0.127. The van der Waals surface area contributed by atoms with Gasteiger partial charge >= 0.3 is 6.09 Å². The van der Waals surface area contributed by atoms with Crippen LogP contribution in [0, 0.1) is 6.92 Å². The summed E-state index contributed by atoms with van der Waals surface area (Å²) in [6, 6.07) is -0.459. The molecule has 2 amide bonds. The van der Waals surface area contributed by atoms with E-state index < -0.39 is 17.7 Å². The van der Waals surface area contributed by atoms with Crippen LogP contribution in [0.1, 0.15) is 50.7 Å². The third kappa shape index (κ3) is 5.20. The number of likely N-dealkylation sites (tertiary alicyclic amines) is 1. The molecule has 0 aliphatic carbocycles. The second kappa shape index (κ2) is 7.29. The first-order chi connectivity index (χ1) is 10.8. The highest BCUT2D eigenvalue weighted by molar-refractivity contribution is 7.09. The summed E-state index contributed by atoms with van der Waals surface area (Å²) in [4.78, 5) is 30.7. The minimum Gasteiger partial charge on any atom is -0.444 e. The molecule has 1 fully saturated rings. The van der Waals surface area contributed by atoms with Gasteiger partial charge in [0.15, 0.2) is 0 Å². The van der Waals surface area contributed by atoms with Gasteiger partial charge in [-0.25, -0.2) is 9.78 Å². The molecule has 0 aromatic carbocycles. The lowest BCUT2D eigenvalue weighted by atomic mass is 10.0. The topological polar surface area (TPSA) is 71.5 Å². The molecule has 0 bridgehead atoms. The van der Waals surface area contributed by atoms with Gasteiger partial charge in [0, 0.05) is 17.6 Å². The van der Waals surface area contributed by atoms with Gasteiger partial charge in [-0.1, -0.05) is 0 Å². The van der Waals surface area contributed by atoms with Crippen LogP contribution in [0.5, 0.6) is 0 Å². The molecule has 1 atom stereocenters. The molecular weight excluding hydrogens is 314 g/mol. The Bertz CT molecular complexity index is 565. The van der Waals surface area contributed by atoms with E-state index in [9.17, 15) is 9.59 Å². The first kappa shape index (κ1) is 17.7. The van der Waals surface area contributed by atoms with Gasteiger partial charge in [0.05, 0.1) is 6.54 Å². The molecule has 2 rings (SSSR count). The van der Waals surface area contributed by atoms with Crippen molar-refractivity contribution in [1.82, 2.24) is 15.2 Å². The van der Waals surface area contributed by atoms with Crippen LogP contribution in [0.15, 0.2) is 5.38 Å². The number of thiazole rings is 1. The van der Waals surface area contributed by atoms with Gasteiger partial charge < -0.3 is 10.1 Å². The van der Waals surface area contributed by atoms with Gasteiger partial charge in [0.25, 0.3) is 0 Å². The average Bonchev–Trinajstić information content (AvgIpc) is 2.88. The molecule has 1 aliphatic heterocycles. The van der Waals surface area contributed by atoms with E-state index in [0.29, 0.717) is 19.5 Å². The van der Waals surface area contributed by atoms with Crippen molar-refractivity contribution >= 4 is 23.3 Å². The SMILES string of the molecule is Cc1csc(CNC(=O)[C@H]2CCCCN2C(=O)OC(C)(C)C)n1. The molecule has 7 heteroatoms. The number of hydrogen-bond donors (Lipinski definition) is 1. The second-order valence-corrected chi connectivity index (χ2v) is 7.73. The summed E-state index contributed by atoms with van der Waals surface area (Å²) in [7, 11) is 0. The Hall–Kier alpha value is -1.63. The van der Waals surface area contributed by atoms with Crippen LogP contribution in [0.3, 0.4) is 0 Å². The predicted octanol–water partition coefficient (Wildman–Crippen LogP) is 2.86. The van der Waals surface area contributed by atoms with Gasteiger partial charge in [-0.3, -0.25) is 9.69 Å². The maximum Gasteiger partial charge on any atom is 0.410 e. The standard InChI is InChI=1S/C16H25N3O3S/c1-11-10-23-13(18-11)9-17-14(20)12-7-5-6-8-19(12)15(21)22-16(2,3)4/h10,12H,5-9H2,1-4H3,(H,17,20)/t12-/m1/s1. The van der Waals surface area contributed by atoms with E-state index in [1.54, 1.807) is 4.90 Å². The van der Waals surface area contributed by atoms with Crippen LogP contribution < -0.4 is 5.32 Å². The maximum atomic E-state index is 12.5. The van der Waals surface area contributed by atoms with Crippen molar-refractivity contribution in [2.45, 2.75) is 65.1 Å². The van der Waals surface area contributed by atoms with E-state index in [4.69, 9.17) is 4.74 Å². The fraction of sp³-hybridized carbons (Fsp3) is 0.688. The van der Waals surface area contributed by atoms with Crippen LogP contribution in [0.25, 0.3) is 0 Å². The lowest BCUT2D eigenvalue weighted by Crippen LogP contribution is -2.52. The van der Waals surface area contributed by atoms with E-state index >= 15 is 0 Å². The van der Waals surface area contributed by atoms with E-state index in [0.717, 1.165) is 23.5 Å². The first-order valence-corrected chi connectivity index (χ1v) is 8.82. The Balaban J connectivity index is 1.96. The smallest absolute Gasteiger partial charge is 0.410 e. The molecule has 1 aromatic rings. The summed E-state index contributed by atoms with van der Waals surface area (Å²) in [6.45, 7) is 8.37. The highest BCUT2D eigenvalue weighted by Crippen LogP contribution is 2.21. The van der Waals surface area contributed by atoms with Crippen molar-refractivity contribution in [2.24, 2.45) is 0 Å². The van der Waals surface area contributed by atoms with Crippen molar-refractivity contribution in [1.29, 1.82) is 0 Å². The highest BCUT2D eigenvalue weighted by atomic mass is 32.1. The van der Waals surface area contributed by atoms with E-state index in [1.165, 1.54) is 11.3 Å². The average molecular weight is 339 g/mol. The maximum absolute atomic E-state index is 12.5. The van der Waals surface area contributed by atoms with Crippen LogP contribution >= 0.6 is 11.3 Å². The minimum absolute atomic E-state index is 0.136. The Labute approximate surface area is 141 Å². The Morgan fingerprint density at radius 3 is 2.78 bits per heavy atom. The fourth-order valence-corrected chi connectivity index (χ4v) is 3.22. The Morgan fingerprint density at radius 2 is 2.17 bits per heavy atom. The van der Waals surface area contributed by atoms with Gasteiger partial charge in [-0.2, -0.15) is 0 Å². The number of aromatic nitrogens is 1. The van der Waals surface area contributed by atoms with Crippen LogP contribution in [-0.2, 0) is 16.1 Å². The number of amides is 2. The fourth-order valence-electron chi connectivity index (χ4n) is 2.51. The monoisotopic (exact) mass is 339 g/mol. The number of carbonyl (C=O) groups is 2. The molecule has 2 heterocycles. The number of ether oxygens (including phenoxy) is 1. The number of carbonyl (C=O) groups excluding carboxylic acids is 2. The van der Waals surface area contributed by atoms with Crippen LogP contribution in [-0.4, -0.2) is 40.1 Å². The molecule has 1 N–H and O–H groups in total. The molecule has 1 aliphatic rings. The number of aryl methyl sites for hydroxylation is 1. The highest BCUT2D eigenvalue weighted by Gasteiger charge is 2.34. The molecule has 0 unspecified atom stereocenters. The van der Waals surface area contributed by atoms with Gasteiger partial charge in [-0.05, 0) is 47.0 Å². The number of rotatable bonds is 3. The zero-order chi connectivity index (χ0) is 17.0. The molecule has 128 valence electrons. The van der Waals surface area contributed by atoms with Crippen LogP contribution in [0.4, 0.5) is 4.79 Å². The molecule has 0 radical (unpaired) electrons. The minimum atomic E-state index is -0.562. The number of nitrogens with zero attached hydrogens (tertiary/aromatic N) is 2. The largest absolute Gasteiger partial charge is 0.444 e. The second-order valence-electron chi connectivity index (χ2n) is 6.79. The zero-order valence-corrected chi connectivity index (χ0v) is 15.0. The molecule has 0 spiro atoms. The quantitative estimate of drug-likeness (QED) is 0.919.